The molecule has 1 fully saturated rings. The Bertz CT molecular complexity index is 456. The van der Waals surface area contributed by atoms with E-state index in [4.69, 9.17) is 17.3 Å². The standard InChI is InChI=1S/C20H36ClN3/c1-15(2)19(23-11-10-22)13-24-12-9-18(20(3,4)14-24)16-5-7-17(21)8-6-16/h5,7-8,15-16,18-19,23H,6,9-14,22H2,1-4H3/t16?,18?,19-/m0/s1. The van der Waals surface area contributed by atoms with Crippen LogP contribution in [0.2, 0.25) is 0 Å². The minimum absolute atomic E-state index is 0.334. The van der Waals surface area contributed by atoms with Crippen molar-refractivity contribution in [1.29, 1.82) is 0 Å². The zero-order chi connectivity index (χ0) is 17.7. The molecule has 0 amide bonds. The van der Waals surface area contributed by atoms with E-state index in [-0.39, 0.29) is 0 Å². The third kappa shape index (κ3) is 5.32. The van der Waals surface area contributed by atoms with Crippen molar-refractivity contribution in [2.75, 3.05) is 32.7 Å². The van der Waals surface area contributed by atoms with Gasteiger partial charge in [0, 0.05) is 37.3 Å². The van der Waals surface area contributed by atoms with Gasteiger partial charge in [0.2, 0.25) is 0 Å². The zero-order valence-electron chi connectivity index (χ0n) is 15.9. The molecule has 0 radical (unpaired) electrons. The normalized spacial score (nSPS) is 28.9. The fourth-order valence-corrected chi connectivity index (χ4v) is 4.56. The predicted octanol–water partition coefficient (Wildman–Crippen LogP) is 3.61. The van der Waals surface area contributed by atoms with Gasteiger partial charge in [-0.15, -0.1) is 0 Å². The zero-order valence-corrected chi connectivity index (χ0v) is 16.6. The Labute approximate surface area is 153 Å². The summed E-state index contributed by atoms with van der Waals surface area (Å²) in [5.41, 5.74) is 6.00. The van der Waals surface area contributed by atoms with E-state index >= 15 is 0 Å². The van der Waals surface area contributed by atoms with E-state index in [2.05, 4.69) is 56.1 Å². The number of nitrogens with two attached hydrogens (primary N) is 1. The van der Waals surface area contributed by atoms with E-state index in [1.165, 1.54) is 19.5 Å². The summed E-state index contributed by atoms with van der Waals surface area (Å²) in [6.45, 7) is 14.6. The van der Waals surface area contributed by atoms with Crippen LogP contribution in [0.1, 0.15) is 40.5 Å². The first-order valence-electron chi connectivity index (χ1n) is 9.53. The summed E-state index contributed by atoms with van der Waals surface area (Å²) in [5.74, 6) is 2.01. The van der Waals surface area contributed by atoms with E-state index in [1.807, 2.05) is 0 Å². The minimum atomic E-state index is 0.334. The van der Waals surface area contributed by atoms with Crippen LogP contribution in [0.3, 0.4) is 0 Å². The lowest BCUT2D eigenvalue weighted by atomic mass is 9.66. The largest absolute Gasteiger partial charge is 0.329 e. The van der Waals surface area contributed by atoms with Crippen molar-refractivity contribution in [3.63, 3.8) is 0 Å². The SMILES string of the molecule is CC(C)[C@H](CN1CCC(C2C=CC(Cl)=CC2)C(C)(C)C1)NCCN. The second kappa shape index (κ2) is 8.84. The Morgan fingerprint density at radius 2 is 2.17 bits per heavy atom. The van der Waals surface area contributed by atoms with Gasteiger partial charge in [0.1, 0.15) is 0 Å². The van der Waals surface area contributed by atoms with Crippen molar-refractivity contribution in [3.8, 4) is 0 Å². The van der Waals surface area contributed by atoms with Gasteiger partial charge in [-0.3, -0.25) is 0 Å². The molecule has 3 nitrogen and oxygen atoms in total. The molecule has 0 aromatic carbocycles. The average molecular weight is 354 g/mol. The van der Waals surface area contributed by atoms with Gasteiger partial charge in [0.15, 0.2) is 0 Å². The fourth-order valence-electron chi connectivity index (χ4n) is 4.40. The van der Waals surface area contributed by atoms with E-state index in [1.54, 1.807) is 0 Å². The summed E-state index contributed by atoms with van der Waals surface area (Å²) in [6, 6.07) is 0.525. The molecule has 2 rings (SSSR count). The second-order valence-corrected chi connectivity index (χ2v) is 9.00. The van der Waals surface area contributed by atoms with Crippen LogP contribution in [-0.4, -0.2) is 43.7 Å². The first-order valence-corrected chi connectivity index (χ1v) is 9.91. The van der Waals surface area contributed by atoms with Crippen LogP contribution < -0.4 is 11.1 Å². The highest BCUT2D eigenvalue weighted by Gasteiger charge is 2.39. The molecule has 0 spiro atoms. The smallest absolute Gasteiger partial charge is 0.0363 e. The van der Waals surface area contributed by atoms with Gasteiger partial charge in [-0.1, -0.05) is 51.4 Å². The van der Waals surface area contributed by atoms with Gasteiger partial charge >= 0.3 is 0 Å². The summed E-state index contributed by atoms with van der Waals surface area (Å²) in [5, 5.41) is 4.52. The van der Waals surface area contributed by atoms with Crippen molar-refractivity contribution in [3.05, 3.63) is 23.3 Å². The van der Waals surface area contributed by atoms with Crippen LogP contribution in [0.25, 0.3) is 0 Å². The van der Waals surface area contributed by atoms with Gasteiger partial charge in [0.05, 0.1) is 0 Å². The maximum atomic E-state index is 6.09. The van der Waals surface area contributed by atoms with Crippen LogP contribution in [0.15, 0.2) is 23.3 Å². The van der Waals surface area contributed by atoms with E-state index in [0.717, 1.165) is 30.5 Å². The molecule has 0 saturated carbocycles. The molecule has 138 valence electrons. The highest BCUT2D eigenvalue weighted by atomic mass is 35.5. The summed E-state index contributed by atoms with van der Waals surface area (Å²) < 4.78 is 0. The molecule has 0 aromatic heterocycles. The van der Waals surface area contributed by atoms with Crippen LogP contribution in [0, 0.1) is 23.2 Å². The molecule has 4 heteroatoms. The van der Waals surface area contributed by atoms with E-state index < -0.39 is 0 Å². The molecule has 1 aliphatic heterocycles. The number of hydrogen-bond acceptors (Lipinski definition) is 3. The molecular weight excluding hydrogens is 318 g/mol. The summed E-state index contributed by atoms with van der Waals surface area (Å²) >= 11 is 6.09. The maximum absolute atomic E-state index is 6.09. The lowest BCUT2D eigenvalue weighted by Gasteiger charge is -2.48. The first kappa shape index (κ1) is 20.0. The molecule has 3 atom stereocenters. The highest BCUT2D eigenvalue weighted by molar-refractivity contribution is 6.31. The summed E-state index contributed by atoms with van der Waals surface area (Å²) in [4.78, 5) is 2.65. The van der Waals surface area contributed by atoms with Gasteiger partial charge in [-0.05, 0) is 48.6 Å². The molecule has 2 aliphatic rings. The number of piperidine rings is 1. The molecule has 3 N–H and O–H groups in total. The number of likely N-dealkylation sites (tertiary alicyclic amines) is 1. The lowest BCUT2D eigenvalue weighted by molar-refractivity contribution is 0.0253. The average Bonchev–Trinajstić information content (AvgIpc) is 2.51. The number of allylic oxidation sites excluding steroid dienone is 4. The third-order valence-corrected chi connectivity index (χ3v) is 6.09. The molecule has 1 aliphatic carbocycles. The van der Waals surface area contributed by atoms with Gasteiger partial charge < -0.3 is 16.0 Å². The molecule has 0 bridgehead atoms. The number of rotatable bonds is 7. The van der Waals surface area contributed by atoms with Crippen molar-refractivity contribution in [1.82, 2.24) is 10.2 Å². The monoisotopic (exact) mass is 353 g/mol. The third-order valence-electron chi connectivity index (χ3n) is 5.81. The number of nitrogens with zero attached hydrogens (tertiary/aromatic N) is 1. The molecule has 1 heterocycles. The van der Waals surface area contributed by atoms with E-state index in [0.29, 0.717) is 29.8 Å². The second-order valence-electron chi connectivity index (χ2n) is 8.56. The van der Waals surface area contributed by atoms with Crippen molar-refractivity contribution in [2.24, 2.45) is 28.9 Å². The Balaban J connectivity index is 1.93. The van der Waals surface area contributed by atoms with Gasteiger partial charge in [-0.25, -0.2) is 0 Å². The number of halogens is 1. The molecule has 24 heavy (non-hydrogen) atoms. The quantitative estimate of drug-likeness (QED) is 0.734. The predicted molar refractivity (Wildman–Crippen MR) is 105 cm³/mol. The molecule has 0 aromatic rings. The highest BCUT2D eigenvalue weighted by Crippen LogP contribution is 2.43. The number of nitrogens with one attached hydrogen (secondary N) is 1. The maximum Gasteiger partial charge on any atom is 0.0363 e. The Kier molecular flexibility index (Phi) is 7.36. The molecule has 2 unspecified atom stereocenters. The number of hydrogen-bond donors (Lipinski definition) is 2. The lowest BCUT2D eigenvalue weighted by Crippen LogP contribution is -2.53. The van der Waals surface area contributed by atoms with Crippen LogP contribution in [-0.2, 0) is 0 Å². The fraction of sp³-hybridized carbons (Fsp3) is 0.800. The Morgan fingerprint density at radius 3 is 2.71 bits per heavy atom. The van der Waals surface area contributed by atoms with E-state index in [9.17, 15) is 0 Å². The Hall–Kier alpha value is -0.350. The van der Waals surface area contributed by atoms with Gasteiger partial charge in [0.25, 0.3) is 0 Å². The summed E-state index contributed by atoms with van der Waals surface area (Å²) in [7, 11) is 0. The van der Waals surface area contributed by atoms with Crippen molar-refractivity contribution >= 4 is 11.6 Å². The van der Waals surface area contributed by atoms with Crippen molar-refractivity contribution < 1.29 is 0 Å². The topological polar surface area (TPSA) is 41.3 Å². The minimum Gasteiger partial charge on any atom is -0.329 e. The Morgan fingerprint density at radius 1 is 1.42 bits per heavy atom. The van der Waals surface area contributed by atoms with Gasteiger partial charge in [-0.2, -0.15) is 0 Å². The first-order chi connectivity index (χ1) is 11.3. The van der Waals surface area contributed by atoms with Crippen LogP contribution in [0.5, 0.6) is 0 Å². The van der Waals surface area contributed by atoms with Crippen LogP contribution >= 0.6 is 11.6 Å². The molecular formula is C20H36ClN3. The van der Waals surface area contributed by atoms with Crippen molar-refractivity contribution in [2.45, 2.75) is 46.6 Å². The molecule has 1 saturated heterocycles. The van der Waals surface area contributed by atoms with Crippen LogP contribution in [0.4, 0.5) is 0 Å². The summed E-state index contributed by atoms with van der Waals surface area (Å²) in [6.07, 6.45) is 8.97.